The van der Waals surface area contributed by atoms with Gasteiger partial charge in [-0.1, -0.05) is 39.5 Å². The number of hydrogen-bond donors (Lipinski definition) is 0. The van der Waals surface area contributed by atoms with Crippen molar-refractivity contribution in [3.63, 3.8) is 0 Å². The summed E-state index contributed by atoms with van der Waals surface area (Å²) in [6, 6.07) is 0. The van der Waals surface area contributed by atoms with Crippen molar-refractivity contribution in [2.24, 2.45) is 0 Å². The summed E-state index contributed by atoms with van der Waals surface area (Å²) in [4.78, 5) is 0. The molecule has 0 bridgehead atoms. The highest BCUT2D eigenvalue weighted by atomic mass is 27.1. The van der Waals surface area contributed by atoms with Crippen LogP contribution in [0.15, 0.2) is 0 Å². The molecule has 0 heterocycles. The van der Waals surface area contributed by atoms with Crippen LogP contribution in [0.25, 0.3) is 0 Å². The summed E-state index contributed by atoms with van der Waals surface area (Å²) >= 11 is 0.810. The molecule has 0 N–H and O–H groups in total. The fourth-order valence-corrected chi connectivity index (χ4v) is 1.91. The summed E-state index contributed by atoms with van der Waals surface area (Å²) in [5.74, 6) is 0. The molecule has 0 saturated heterocycles. The van der Waals surface area contributed by atoms with Crippen molar-refractivity contribution in [2.75, 3.05) is 0 Å². The molecule has 0 aromatic carbocycles. The van der Waals surface area contributed by atoms with Gasteiger partial charge >= 0.3 is 0 Å². The Kier molecular flexibility index (Phi) is 9.04. The van der Waals surface area contributed by atoms with Crippen LogP contribution in [0.4, 0.5) is 0 Å². The van der Waals surface area contributed by atoms with E-state index in [0.717, 1.165) is 15.2 Å². The van der Waals surface area contributed by atoms with Gasteiger partial charge in [0.15, 0.2) is 15.2 Å². The first-order valence-corrected chi connectivity index (χ1v) is 5.86. The molecular formula is C8H18Al. The Bertz CT molecular complexity index is 37.8. The molecule has 9 heavy (non-hydrogen) atoms. The van der Waals surface area contributed by atoms with Crippen molar-refractivity contribution in [1.82, 2.24) is 0 Å². The average Bonchev–Trinajstić information content (AvgIpc) is 1.89. The first kappa shape index (κ1) is 9.53. The van der Waals surface area contributed by atoms with Crippen LogP contribution in [0.2, 0.25) is 10.6 Å². The fourth-order valence-electron chi connectivity index (χ4n) is 0.920. The molecule has 0 aliphatic heterocycles. The van der Waals surface area contributed by atoms with E-state index in [2.05, 4.69) is 13.8 Å². The first-order chi connectivity index (χ1) is 4.41. The van der Waals surface area contributed by atoms with Gasteiger partial charge in [-0.05, 0) is 0 Å². The first-order valence-electron chi connectivity index (χ1n) is 4.23. The Morgan fingerprint density at radius 1 is 1.00 bits per heavy atom. The third-order valence-corrected chi connectivity index (χ3v) is 2.94. The maximum atomic E-state index is 2.30. The third kappa shape index (κ3) is 8.53. The number of rotatable bonds is 6. The highest BCUT2D eigenvalue weighted by Crippen LogP contribution is 2.02. The normalized spacial score (nSPS) is 9.56. The fraction of sp³-hybridized carbons (Fsp3) is 1.00. The van der Waals surface area contributed by atoms with Crippen LogP contribution in [0.1, 0.15) is 39.5 Å². The molecular weight excluding hydrogens is 123 g/mol. The molecule has 0 aliphatic carbocycles. The van der Waals surface area contributed by atoms with Gasteiger partial charge < -0.3 is 0 Å². The lowest BCUT2D eigenvalue weighted by Gasteiger charge is -1.94. The quantitative estimate of drug-likeness (QED) is 0.394. The second-order valence-electron chi connectivity index (χ2n) is 2.55. The van der Waals surface area contributed by atoms with Crippen LogP contribution in [0, 0.1) is 0 Å². The molecule has 0 atom stereocenters. The van der Waals surface area contributed by atoms with Crippen LogP contribution in [0.3, 0.4) is 0 Å². The maximum absolute atomic E-state index is 2.30. The van der Waals surface area contributed by atoms with E-state index in [-0.39, 0.29) is 0 Å². The Labute approximate surface area is 65.7 Å². The summed E-state index contributed by atoms with van der Waals surface area (Å²) in [5.41, 5.74) is 0. The molecule has 0 aromatic heterocycles. The molecule has 1 radical (unpaired) electrons. The molecule has 0 aliphatic rings. The topological polar surface area (TPSA) is 0 Å². The van der Waals surface area contributed by atoms with E-state index in [1.54, 1.807) is 0 Å². The maximum Gasteiger partial charge on any atom is 0.199 e. The van der Waals surface area contributed by atoms with Gasteiger partial charge in [-0.2, -0.15) is 0 Å². The Morgan fingerprint density at radius 3 is 2.33 bits per heavy atom. The lowest BCUT2D eigenvalue weighted by molar-refractivity contribution is 0.700. The molecule has 0 nitrogen and oxygen atoms in total. The predicted octanol–water partition coefficient (Wildman–Crippen LogP) is 3.13. The van der Waals surface area contributed by atoms with Crippen molar-refractivity contribution >= 4 is 15.2 Å². The minimum atomic E-state index is 0.810. The molecule has 53 valence electrons. The van der Waals surface area contributed by atoms with E-state index >= 15 is 0 Å². The van der Waals surface area contributed by atoms with E-state index in [1.165, 1.54) is 36.2 Å². The van der Waals surface area contributed by atoms with E-state index < -0.39 is 0 Å². The Morgan fingerprint density at radius 2 is 1.78 bits per heavy atom. The van der Waals surface area contributed by atoms with Crippen molar-refractivity contribution < 1.29 is 0 Å². The van der Waals surface area contributed by atoms with E-state index in [1.807, 2.05) is 0 Å². The average molecular weight is 141 g/mol. The number of hydrogen-bond acceptors (Lipinski definition) is 0. The lowest BCUT2D eigenvalue weighted by Crippen LogP contribution is -1.85. The molecule has 0 amide bonds. The van der Waals surface area contributed by atoms with Crippen LogP contribution in [-0.2, 0) is 0 Å². The standard InChI is InChI=1S/C6H13.C2H5.Al/c1-3-5-6-4-2;1-2;/h1,3-6H2,2H3;1H2,2H3;. The minimum absolute atomic E-state index is 0.810. The van der Waals surface area contributed by atoms with Crippen molar-refractivity contribution in [1.29, 1.82) is 0 Å². The molecule has 0 unspecified atom stereocenters. The molecule has 0 spiro atoms. The summed E-state index contributed by atoms with van der Waals surface area (Å²) in [7, 11) is 0. The third-order valence-electron chi connectivity index (χ3n) is 1.55. The second kappa shape index (κ2) is 8.53. The van der Waals surface area contributed by atoms with Gasteiger partial charge in [-0.3, -0.25) is 0 Å². The highest BCUT2D eigenvalue weighted by Gasteiger charge is 1.88. The predicted molar refractivity (Wildman–Crippen MR) is 45.2 cm³/mol. The van der Waals surface area contributed by atoms with Crippen LogP contribution >= 0.6 is 0 Å². The summed E-state index contributed by atoms with van der Waals surface area (Å²) in [6.45, 7) is 4.57. The van der Waals surface area contributed by atoms with E-state index in [9.17, 15) is 0 Å². The molecule has 0 rings (SSSR count). The van der Waals surface area contributed by atoms with Gasteiger partial charge in [-0.15, -0.1) is 10.6 Å². The van der Waals surface area contributed by atoms with Gasteiger partial charge in [0.2, 0.25) is 0 Å². The van der Waals surface area contributed by atoms with Gasteiger partial charge in [0.25, 0.3) is 0 Å². The van der Waals surface area contributed by atoms with Crippen molar-refractivity contribution in [3.05, 3.63) is 0 Å². The van der Waals surface area contributed by atoms with E-state index in [0.29, 0.717) is 0 Å². The van der Waals surface area contributed by atoms with Crippen molar-refractivity contribution in [2.45, 2.75) is 50.1 Å². The minimum Gasteiger partial charge on any atom is -0.106 e. The molecule has 0 aromatic rings. The monoisotopic (exact) mass is 141 g/mol. The zero-order valence-corrected chi connectivity index (χ0v) is 7.97. The summed E-state index contributed by atoms with van der Waals surface area (Å²) in [6.07, 6.45) is 5.80. The second-order valence-corrected chi connectivity index (χ2v) is 4.52. The molecule has 0 saturated carbocycles. The summed E-state index contributed by atoms with van der Waals surface area (Å²) in [5, 5.41) is 2.99. The number of unbranched alkanes of at least 4 members (excludes halogenated alkanes) is 3. The zero-order valence-electron chi connectivity index (χ0n) is 6.82. The molecule has 1 heteroatoms. The molecule has 0 fully saturated rings. The van der Waals surface area contributed by atoms with Gasteiger partial charge in [0.1, 0.15) is 0 Å². The van der Waals surface area contributed by atoms with Gasteiger partial charge in [-0.25, -0.2) is 0 Å². The smallest absolute Gasteiger partial charge is 0.106 e. The van der Waals surface area contributed by atoms with Crippen LogP contribution < -0.4 is 0 Å². The van der Waals surface area contributed by atoms with Crippen LogP contribution in [0.5, 0.6) is 0 Å². The lowest BCUT2D eigenvalue weighted by atomic mass is 10.2. The Balaban J connectivity index is 2.60. The van der Waals surface area contributed by atoms with Crippen molar-refractivity contribution in [3.8, 4) is 0 Å². The summed E-state index contributed by atoms with van der Waals surface area (Å²) < 4.78 is 0. The van der Waals surface area contributed by atoms with Gasteiger partial charge in [0, 0.05) is 0 Å². The van der Waals surface area contributed by atoms with Crippen LogP contribution in [-0.4, -0.2) is 15.2 Å². The highest BCUT2D eigenvalue weighted by molar-refractivity contribution is 6.35. The largest absolute Gasteiger partial charge is 0.199 e. The van der Waals surface area contributed by atoms with Gasteiger partial charge in [0.05, 0.1) is 0 Å². The van der Waals surface area contributed by atoms with E-state index in [4.69, 9.17) is 0 Å². The Hall–Kier alpha value is 0.532. The SMILES string of the molecule is CCCCC[CH2][Al][CH2]C. The zero-order chi connectivity index (χ0) is 6.95.